The third kappa shape index (κ3) is 5.59. The van der Waals surface area contributed by atoms with Gasteiger partial charge in [-0.3, -0.25) is 9.59 Å². The molecule has 0 aromatic heterocycles. The molecule has 1 atom stereocenters. The largest absolute Gasteiger partial charge is 0.392 e. The fourth-order valence-corrected chi connectivity index (χ4v) is 2.55. The molecule has 110 valence electrons. The molecule has 1 aliphatic heterocycles. The van der Waals surface area contributed by atoms with Crippen LogP contribution in [-0.4, -0.2) is 59.5 Å². The first-order valence-corrected chi connectivity index (χ1v) is 7.07. The van der Waals surface area contributed by atoms with Gasteiger partial charge in [-0.25, -0.2) is 0 Å². The number of aliphatic hydroxyl groups is 1. The number of likely N-dealkylation sites (tertiary alicyclic amines) is 1. The molecule has 1 saturated heterocycles. The van der Waals surface area contributed by atoms with E-state index in [1.165, 1.54) is 0 Å². The molecule has 1 unspecified atom stereocenters. The van der Waals surface area contributed by atoms with Crippen LogP contribution < -0.4 is 0 Å². The van der Waals surface area contributed by atoms with E-state index in [-0.39, 0.29) is 11.8 Å². The molecule has 1 fully saturated rings. The van der Waals surface area contributed by atoms with E-state index < -0.39 is 6.10 Å². The number of hydrogen-bond donors (Lipinski definition) is 1. The minimum atomic E-state index is -0.479. The monoisotopic (exact) mass is 270 g/mol. The Hall–Kier alpha value is -1.10. The van der Waals surface area contributed by atoms with Gasteiger partial charge in [-0.2, -0.15) is 0 Å². The third-order valence-corrected chi connectivity index (χ3v) is 3.79. The van der Waals surface area contributed by atoms with E-state index in [1.54, 1.807) is 25.8 Å². The Balaban J connectivity index is 2.23. The third-order valence-electron chi connectivity index (χ3n) is 3.79. The van der Waals surface area contributed by atoms with Gasteiger partial charge in [0.05, 0.1) is 6.10 Å². The molecule has 0 aromatic rings. The number of likely N-dealkylation sites (N-methyl/N-ethyl adjacent to an activating group) is 1. The molecule has 5 nitrogen and oxygen atoms in total. The summed E-state index contributed by atoms with van der Waals surface area (Å²) in [5.74, 6) is 0.778. The van der Waals surface area contributed by atoms with Crippen LogP contribution in [0.25, 0.3) is 0 Å². The van der Waals surface area contributed by atoms with Crippen LogP contribution in [0, 0.1) is 5.92 Å². The minimum Gasteiger partial charge on any atom is -0.392 e. The van der Waals surface area contributed by atoms with Crippen LogP contribution in [0.2, 0.25) is 0 Å². The standard InChI is InChI=1S/C14H26N2O3/c1-11(17)10-15(3)14(19)5-4-13-6-8-16(9-7-13)12(2)18/h11,13,17H,4-10H2,1-3H3. The predicted octanol–water partition coefficient (Wildman–Crippen LogP) is 0.864. The van der Waals surface area contributed by atoms with Gasteiger partial charge in [0.15, 0.2) is 0 Å². The molecule has 0 saturated carbocycles. The Labute approximate surface area is 115 Å². The van der Waals surface area contributed by atoms with Crippen LogP contribution in [-0.2, 0) is 9.59 Å². The lowest BCUT2D eigenvalue weighted by Crippen LogP contribution is -2.37. The molecular weight excluding hydrogens is 244 g/mol. The number of nitrogens with zero attached hydrogens (tertiary/aromatic N) is 2. The van der Waals surface area contributed by atoms with Crippen LogP contribution in [0.1, 0.15) is 39.5 Å². The van der Waals surface area contributed by atoms with E-state index in [9.17, 15) is 14.7 Å². The molecule has 0 aliphatic carbocycles. The summed E-state index contributed by atoms with van der Waals surface area (Å²) in [6, 6.07) is 0. The van der Waals surface area contributed by atoms with Gasteiger partial charge in [-0.15, -0.1) is 0 Å². The maximum Gasteiger partial charge on any atom is 0.222 e. The number of hydrogen-bond acceptors (Lipinski definition) is 3. The first kappa shape index (κ1) is 16.0. The second-order valence-corrected chi connectivity index (χ2v) is 5.61. The molecule has 0 aromatic carbocycles. The molecule has 0 spiro atoms. The Morgan fingerprint density at radius 3 is 2.42 bits per heavy atom. The van der Waals surface area contributed by atoms with Crippen molar-refractivity contribution in [1.82, 2.24) is 9.80 Å². The summed E-state index contributed by atoms with van der Waals surface area (Å²) in [5, 5.41) is 9.24. The summed E-state index contributed by atoms with van der Waals surface area (Å²) in [4.78, 5) is 26.5. The first-order valence-electron chi connectivity index (χ1n) is 7.07. The Morgan fingerprint density at radius 1 is 1.37 bits per heavy atom. The van der Waals surface area contributed by atoms with Crippen LogP contribution in [0.5, 0.6) is 0 Å². The number of amides is 2. The summed E-state index contributed by atoms with van der Waals surface area (Å²) in [6.45, 7) is 5.31. The summed E-state index contributed by atoms with van der Waals surface area (Å²) < 4.78 is 0. The normalized spacial score (nSPS) is 18.2. The van der Waals surface area contributed by atoms with Crippen molar-refractivity contribution in [1.29, 1.82) is 0 Å². The summed E-state index contributed by atoms with van der Waals surface area (Å²) in [5.41, 5.74) is 0. The summed E-state index contributed by atoms with van der Waals surface area (Å²) in [7, 11) is 1.73. The zero-order valence-corrected chi connectivity index (χ0v) is 12.3. The second kappa shape index (κ2) is 7.48. The van der Waals surface area contributed by atoms with E-state index >= 15 is 0 Å². The van der Waals surface area contributed by atoms with Crippen LogP contribution in [0.4, 0.5) is 0 Å². The molecule has 0 bridgehead atoms. The topological polar surface area (TPSA) is 60.9 Å². The lowest BCUT2D eigenvalue weighted by atomic mass is 9.92. The molecule has 1 N–H and O–H groups in total. The van der Waals surface area contributed by atoms with Crippen molar-refractivity contribution in [3.05, 3.63) is 0 Å². The van der Waals surface area contributed by atoms with E-state index in [0.717, 1.165) is 32.4 Å². The molecule has 1 aliphatic rings. The Morgan fingerprint density at radius 2 is 1.95 bits per heavy atom. The highest BCUT2D eigenvalue weighted by Crippen LogP contribution is 2.22. The fraction of sp³-hybridized carbons (Fsp3) is 0.857. The van der Waals surface area contributed by atoms with Crippen molar-refractivity contribution in [2.75, 3.05) is 26.7 Å². The summed E-state index contributed by atoms with van der Waals surface area (Å²) >= 11 is 0. The van der Waals surface area contributed by atoms with Crippen molar-refractivity contribution in [2.24, 2.45) is 5.92 Å². The molecule has 2 amide bonds. The number of rotatable bonds is 5. The van der Waals surface area contributed by atoms with Crippen LogP contribution >= 0.6 is 0 Å². The highest BCUT2D eigenvalue weighted by atomic mass is 16.3. The van der Waals surface area contributed by atoms with Crippen molar-refractivity contribution in [3.8, 4) is 0 Å². The van der Waals surface area contributed by atoms with E-state index in [2.05, 4.69) is 0 Å². The quantitative estimate of drug-likeness (QED) is 0.806. The zero-order valence-electron chi connectivity index (χ0n) is 12.3. The van der Waals surface area contributed by atoms with E-state index in [0.29, 0.717) is 18.9 Å². The van der Waals surface area contributed by atoms with E-state index in [4.69, 9.17) is 0 Å². The van der Waals surface area contributed by atoms with Gasteiger partial charge in [-0.1, -0.05) is 0 Å². The molecule has 19 heavy (non-hydrogen) atoms. The Bertz CT molecular complexity index is 310. The number of carbonyl (C=O) groups excluding carboxylic acids is 2. The smallest absolute Gasteiger partial charge is 0.222 e. The highest BCUT2D eigenvalue weighted by Gasteiger charge is 2.21. The number of carbonyl (C=O) groups is 2. The molecular formula is C14H26N2O3. The second-order valence-electron chi connectivity index (χ2n) is 5.61. The maximum absolute atomic E-state index is 11.8. The van der Waals surface area contributed by atoms with Gasteiger partial charge in [0, 0.05) is 40.0 Å². The van der Waals surface area contributed by atoms with Crippen LogP contribution in [0.3, 0.4) is 0 Å². The average molecular weight is 270 g/mol. The van der Waals surface area contributed by atoms with Crippen molar-refractivity contribution < 1.29 is 14.7 Å². The molecule has 1 heterocycles. The lowest BCUT2D eigenvalue weighted by molar-refractivity contribution is -0.132. The minimum absolute atomic E-state index is 0.0925. The van der Waals surface area contributed by atoms with Gasteiger partial charge in [0.25, 0.3) is 0 Å². The Kier molecular flexibility index (Phi) is 6.28. The highest BCUT2D eigenvalue weighted by molar-refractivity contribution is 5.76. The van der Waals surface area contributed by atoms with Crippen LogP contribution in [0.15, 0.2) is 0 Å². The fourth-order valence-electron chi connectivity index (χ4n) is 2.55. The van der Waals surface area contributed by atoms with Gasteiger partial charge >= 0.3 is 0 Å². The zero-order chi connectivity index (χ0) is 14.4. The molecule has 1 rings (SSSR count). The van der Waals surface area contributed by atoms with Gasteiger partial charge in [0.1, 0.15) is 0 Å². The predicted molar refractivity (Wildman–Crippen MR) is 73.5 cm³/mol. The van der Waals surface area contributed by atoms with Crippen molar-refractivity contribution >= 4 is 11.8 Å². The number of piperidine rings is 1. The van der Waals surface area contributed by atoms with Gasteiger partial charge in [0.2, 0.25) is 11.8 Å². The van der Waals surface area contributed by atoms with Gasteiger partial charge in [-0.05, 0) is 32.1 Å². The van der Waals surface area contributed by atoms with Crippen molar-refractivity contribution in [3.63, 3.8) is 0 Å². The van der Waals surface area contributed by atoms with Crippen molar-refractivity contribution in [2.45, 2.75) is 45.6 Å². The maximum atomic E-state index is 11.8. The number of aliphatic hydroxyl groups excluding tert-OH is 1. The molecule has 0 radical (unpaired) electrons. The average Bonchev–Trinajstić information content (AvgIpc) is 2.35. The molecule has 5 heteroatoms. The lowest BCUT2D eigenvalue weighted by Gasteiger charge is -2.31. The SMILES string of the molecule is CC(=O)N1CCC(CCC(=O)N(C)CC(C)O)CC1. The first-order chi connectivity index (χ1) is 8.90. The van der Waals surface area contributed by atoms with E-state index in [1.807, 2.05) is 4.90 Å². The van der Waals surface area contributed by atoms with Gasteiger partial charge < -0.3 is 14.9 Å². The summed E-state index contributed by atoms with van der Waals surface area (Å²) in [6.07, 6.45) is 2.93.